The Morgan fingerprint density at radius 1 is 0.828 bits per heavy atom. The van der Waals surface area contributed by atoms with Crippen molar-refractivity contribution in [1.29, 1.82) is 0 Å². The highest BCUT2D eigenvalue weighted by molar-refractivity contribution is 6.33. The molecule has 0 aliphatic rings. The van der Waals surface area contributed by atoms with E-state index < -0.39 is 0 Å². The number of amides is 2. The predicted octanol–water partition coefficient (Wildman–Crippen LogP) is 4.41. The van der Waals surface area contributed by atoms with Crippen LogP contribution in [-0.4, -0.2) is 24.4 Å². The molecule has 0 heterocycles. The van der Waals surface area contributed by atoms with Crippen LogP contribution < -0.4 is 10.6 Å². The van der Waals surface area contributed by atoms with E-state index in [9.17, 15) is 9.59 Å². The predicted molar refractivity (Wildman–Crippen MR) is 116 cm³/mol. The monoisotopic (exact) mass is 406 g/mol. The van der Waals surface area contributed by atoms with Crippen molar-refractivity contribution in [3.8, 4) is 0 Å². The minimum absolute atomic E-state index is 0.000573. The Morgan fingerprint density at radius 3 is 1.90 bits per heavy atom. The Hall–Kier alpha value is -3.11. The van der Waals surface area contributed by atoms with Crippen molar-refractivity contribution < 1.29 is 9.59 Å². The average molecular weight is 407 g/mol. The molecule has 1 atom stereocenters. The van der Waals surface area contributed by atoms with Crippen molar-refractivity contribution in [2.24, 2.45) is 0 Å². The summed E-state index contributed by atoms with van der Waals surface area (Å²) in [5.74, 6) is -0.628. The van der Waals surface area contributed by atoms with Crippen LogP contribution in [0, 0.1) is 0 Å². The van der Waals surface area contributed by atoms with E-state index in [0.717, 1.165) is 11.1 Å². The van der Waals surface area contributed by atoms with Gasteiger partial charge < -0.3 is 10.6 Å². The lowest BCUT2D eigenvalue weighted by Crippen LogP contribution is -2.43. The molecule has 148 valence electrons. The van der Waals surface area contributed by atoms with Gasteiger partial charge in [-0.25, -0.2) is 0 Å². The van der Waals surface area contributed by atoms with Crippen molar-refractivity contribution >= 4 is 23.4 Å². The molecule has 2 N–H and O–H groups in total. The number of nitrogens with one attached hydrogen (secondary N) is 2. The third-order valence-corrected chi connectivity index (χ3v) is 5.06. The fourth-order valence-electron chi connectivity index (χ4n) is 3.38. The van der Waals surface area contributed by atoms with Crippen LogP contribution in [0.2, 0.25) is 5.02 Å². The maximum atomic E-state index is 12.5. The Bertz CT molecular complexity index is 921. The highest BCUT2D eigenvalue weighted by Crippen LogP contribution is 2.27. The molecule has 5 heteroatoms. The maximum absolute atomic E-state index is 12.5. The molecule has 3 aromatic carbocycles. The highest BCUT2D eigenvalue weighted by Gasteiger charge is 2.23. The van der Waals surface area contributed by atoms with E-state index in [1.165, 1.54) is 0 Å². The van der Waals surface area contributed by atoms with E-state index in [1.807, 2.05) is 43.3 Å². The molecule has 0 aromatic heterocycles. The summed E-state index contributed by atoms with van der Waals surface area (Å²) in [5.41, 5.74) is 2.58. The largest absolute Gasteiger partial charge is 0.351 e. The quantitative estimate of drug-likeness (QED) is 0.610. The Morgan fingerprint density at radius 2 is 1.34 bits per heavy atom. The van der Waals surface area contributed by atoms with Crippen LogP contribution in [0.3, 0.4) is 0 Å². The van der Waals surface area contributed by atoms with E-state index in [0.29, 0.717) is 10.6 Å². The van der Waals surface area contributed by atoms with Gasteiger partial charge in [-0.05, 0) is 30.2 Å². The van der Waals surface area contributed by atoms with Crippen LogP contribution in [-0.2, 0) is 4.79 Å². The molecule has 3 rings (SSSR count). The normalized spacial score (nSPS) is 11.7. The molecule has 0 unspecified atom stereocenters. The minimum atomic E-state index is -0.374. The van der Waals surface area contributed by atoms with Crippen molar-refractivity contribution in [1.82, 2.24) is 10.6 Å². The number of rotatable bonds is 7. The molecule has 2 amide bonds. The van der Waals surface area contributed by atoms with E-state index in [2.05, 4.69) is 34.9 Å². The van der Waals surface area contributed by atoms with Crippen molar-refractivity contribution in [2.75, 3.05) is 6.54 Å². The lowest BCUT2D eigenvalue weighted by Gasteiger charge is -2.26. The first kappa shape index (κ1) is 20.6. The van der Waals surface area contributed by atoms with Gasteiger partial charge in [0.05, 0.1) is 17.1 Å². The zero-order valence-corrected chi connectivity index (χ0v) is 16.9. The number of carbonyl (C=O) groups excluding carboxylic acids is 2. The summed E-state index contributed by atoms with van der Waals surface area (Å²) in [7, 11) is 0. The molecule has 3 aromatic rings. The van der Waals surface area contributed by atoms with Gasteiger partial charge in [-0.1, -0.05) is 84.4 Å². The second-order valence-electron chi connectivity index (χ2n) is 6.82. The van der Waals surface area contributed by atoms with E-state index in [1.54, 1.807) is 24.3 Å². The molecule has 0 saturated carbocycles. The molecule has 0 spiro atoms. The first-order valence-corrected chi connectivity index (χ1v) is 9.86. The van der Waals surface area contributed by atoms with E-state index >= 15 is 0 Å². The van der Waals surface area contributed by atoms with Crippen LogP contribution in [0.15, 0.2) is 84.9 Å². The second-order valence-corrected chi connectivity index (χ2v) is 7.22. The summed E-state index contributed by atoms with van der Waals surface area (Å²) < 4.78 is 0. The molecular formula is C24H23ClN2O2. The summed E-state index contributed by atoms with van der Waals surface area (Å²) in [6.07, 6.45) is 0. The zero-order chi connectivity index (χ0) is 20.6. The van der Waals surface area contributed by atoms with Crippen molar-refractivity contribution in [2.45, 2.75) is 18.9 Å². The molecule has 0 aliphatic carbocycles. The molecule has 0 fully saturated rings. The summed E-state index contributed by atoms with van der Waals surface area (Å²) >= 11 is 6.03. The first-order valence-electron chi connectivity index (χ1n) is 9.48. The molecule has 0 bridgehead atoms. The van der Waals surface area contributed by atoms with Crippen LogP contribution in [0.4, 0.5) is 0 Å². The Labute approximate surface area is 175 Å². The number of halogens is 1. The number of hydrogen-bond donors (Lipinski definition) is 2. The van der Waals surface area contributed by atoms with Gasteiger partial charge in [-0.2, -0.15) is 0 Å². The van der Waals surface area contributed by atoms with Gasteiger partial charge >= 0.3 is 0 Å². The number of carbonyl (C=O) groups is 2. The minimum Gasteiger partial charge on any atom is -0.351 e. The highest BCUT2D eigenvalue weighted by atomic mass is 35.5. The van der Waals surface area contributed by atoms with E-state index in [-0.39, 0.29) is 30.3 Å². The third kappa shape index (κ3) is 5.46. The van der Waals surface area contributed by atoms with E-state index in [4.69, 9.17) is 11.6 Å². The molecule has 0 radical (unpaired) electrons. The number of benzene rings is 3. The average Bonchev–Trinajstić information content (AvgIpc) is 2.74. The smallest absolute Gasteiger partial charge is 0.253 e. The van der Waals surface area contributed by atoms with Gasteiger partial charge in [-0.15, -0.1) is 0 Å². The maximum Gasteiger partial charge on any atom is 0.253 e. The molecule has 4 nitrogen and oxygen atoms in total. The molecule has 29 heavy (non-hydrogen) atoms. The standard InChI is InChI=1S/C24H23ClN2O2/c1-17(23(18-10-4-2-5-11-18)19-12-6-3-7-13-19)27-22(28)16-26-24(29)20-14-8-9-15-21(20)25/h2-15,17,23H,16H2,1H3,(H,26,29)(H,27,28)/t17-/m1/s1. The lowest BCUT2D eigenvalue weighted by atomic mass is 9.86. The summed E-state index contributed by atoms with van der Waals surface area (Å²) in [6.45, 7) is 1.85. The Kier molecular flexibility index (Phi) is 7.04. The SMILES string of the molecule is C[C@@H](NC(=O)CNC(=O)c1ccccc1Cl)C(c1ccccc1)c1ccccc1. The fourth-order valence-corrected chi connectivity index (χ4v) is 3.60. The van der Waals surface area contributed by atoms with Gasteiger partial charge in [0.25, 0.3) is 5.91 Å². The van der Waals surface area contributed by atoms with Gasteiger partial charge in [-0.3, -0.25) is 9.59 Å². The molecular weight excluding hydrogens is 384 g/mol. The Balaban J connectivity index is 1.66. The first-order chi connectivity index (χ1) is 14.1. The van der Waals surface area contributed by atoms with Crippen molar-refractivity contribution in [3.63, 3.8) is 0 Å². The lowest BCUT2D eigenvalue weighted by molar-refractivity contribution is -0.120. The third-order valence-electron chi connectivity index (χ3n) is 4.73. The van der Waals surface area contributed by atoms with Crippen LogP contribution in [0.5, 0.6) is 0 Å². The van der Waals surface area contributed by atoms with Crippen LogP contribution in [0.25, 0.3) is 0 Å². The topological polar surface area (TPSA) is 58.2 Å². The zero-order valence-electron chi connectivity index (χ0n) is 16.1. The summed E-state index contributed by atoms with van der Waals surface area (Å²) in [6, 6.07) is 26.7. The van der Waals surface area contributed by atoms with Gasteiger partial charge in [0.1, 0.15) is 0 Å². The van der Waals surface area contributed by atoms with Crippen LogP contribution in [0.1, 0.15) is 34.3 Å². The van der Waals surface area contributed by atoms with Gasteiger partial charge in [0, 0.05) is 12.0 Å². The molecule has 0 aliphatic heterocycles. The van der Waals surface area contributed by atoms with Gasteiger partial charge in [0.15, 0.2) is 0 Å². The fraction of sp³-hybridized carbons (Fsp3) is 0.167. The van der Waals surface area contributed by atoms with Gasteiger partial charge in [0.2, 0.25) is 5.91 Å². The van der Waals surface area contributed by atoms with Crippen LogP contribution >= 0.6 is 11.6 Å². The second kappa shape index (κ2) is 9.89. The molecule has 0 saturated heterocycles. The summed E-state index contributed by atoms with van der Waals surface area (Å²) in [5, 5.41) is 5.99. The number of hydrogen-bond acceptors (Lipinski definition) is 2. The summed E-state index contributed by atoms with van der Waals surface area (Å²) in [4.78, 5) is 24.7. The van der Waals surface area contributed by atoms with Crippen molar-refractivity contribution in [3.05, 3.63) is 107 Å².